The van der Waals surface area contributed by atoms with Gasteiger partial charge in [-0.25, -0.2) is 0 Å². The van der Waals surface area contributed by atoms with E-state index in [0.717, 1.165) is 44.0 Å². The molecule has 2 saturated heterocycles. The van der Waals surface area contributed by atoms with E-state index >= 15 is 0 Å². The molecule has 0 saturated carbocycles. The van der Waals surface area contributed by atoms with Crippen LogP contribution < -0.4 is 4.74 Å². The molecule has 0 radical (unpaired) electrons. The predicted molar refractivity (Wildman–Crippen MR) is 88.7 cm³/mol. The van der Waals surface area contributed by atoms with Gasteiger partial charge in [-0.3, -0.25) is 9.80 Å². The standard InChI is InChI=1S/C17H25ClN2O2/c1-13-5-4-6-14(18)17(13)22-10-9-19-11-15(16(21)12-19)20-7-2-3-8-20/h4-6,15-16,21H,2-3,7-12H2,1H3/t15-,16-/m0/s1. The summed E-state index contributed by atoms with van der Waals surface area (Å²) in [6.07, 6.45) is 2.29. The molecule has 5 heteroatoms. The third-order valence-electron chi connectivity index (χ3n) is 4.76. The van der Waals surface area contributed by atoms with Gasteiger partial charge in [0.25, 0.3) is 0 Å². The van der Waals surface area contributed by atoms with Crippen molar-refractivity contribution in [2.24, 2.45) is 0 Å². The molecule has 0 bridgehead atoms. The van der Waals surface area contributed by atoms with Crippen LogP contribution in [0.2, 0.25) is 5.02 Å². The van der Waals surface area contributed by atoms with E-state index in [1.807, 2.05) is 25.1 Å². The lowest BCUT2D eigenvalue weighted by atomic mass is 10.2. The van der Waals surface area contributed by atoms with Crippen molar-refractivity contribution in [3.05, 3.63) is 28.8 Å². The van der Waals surface area contributed by atoms with Crippen LogP contribution >= 0.6 is 11.6 Å². The van der Waals surface area contributed by atoms with Crippen molar-refractivity contribution < 1.29 is 9.84 Å². The molecule has 2 aliphatic heterocycles. The number of β-amino-alcohol motifs (C(OH)–C–C–N with tert-alkyl or cyclic N) is 1. The van der Waals surface area contributed by atoms with Gasteiger partial charge in [-0.2, -0.15) is 0 Å². The topological polar surface area (TPSA) is 35.9 Å². The molecule has 4 nitrogen and oxygen atoms in total. The molecule has 0 aromatic heterocycles. The zero-order valence-electron chi connectivity index (χ0n) is 13.2. The monoisotopic (exact) mass is 324 g/mol. The number of aryl methyl sites for hydroxylation is 1. The fourth-order valence-electron chi connectivity index (χ4n) is 3.54. The highest BCUT2D eigenvalue weighted by Crippen LogP contribution is 2.28. The Bertz CT molecular complexity index is 485. The van der Waals surface area contributed by atoms with Crippen LogP contribution in [0.1, 0.15) is 18.4 Å². The number of aliphatic hydroxyl groups excluding tert-OH is 1. The second-order valence-corrected chi connectivity index (χ2v) is 6.78. The summed E-state index contributed by atoms with van der Waals surface area (Å²) < 4.78 is 5.86. The smallest absolute Gasteiger partial charge is 0.140 e. The molecular weight excluding hydrogens is 300 g/mol. The lowest BCUT2D eigenvalue weighted by molar-refractivity contribution is 0.0977. The molecule has 3 rings (SSSR count). The maximum absolute atomic E-state index is 10.3. The van der Waals surface area contributed by atoms with Gasteiger partial charge in [0.15, 0.2) is 0 Å². The van der Waals surface area contributed by atoms with Crippen molar-refractivity contribution in [3.63, 3.8) is 0 Å². The Morgan fingerprint density at radius 2 is 2.05 bits per heavy atom. The summed E-state index contributed by atoms with van der Waals surface area (Å²) in [6, 6.07) is 6.09. The maximum atomic E-state index is 10.3. The zero-order valence-corrected chi connectivity index (χ0v) is 13.9. The van der Waals surface area contributed by atoms with Crippen molar-refractivity contribution in [3.8, 4) is 5.75 Å². The fourth-order valence-corrected chi connectivity index (χ4v) is 3.81. The van der Waals surface area contributed by atoms with E-state index in [0.29, 0.717) is 17.7 Å². The number of hydrogen-bond donors (Lipinski definition) is 1. The Morgan fingerprint density at radius 3 is 2.77 bits per heavy atom. The molecule has 2 heterocycles. The van der Waals surface area contributed by atoms with E-state index in [9.17, 15) is 5.11 Å². The summed E-state index contributed by atoms with van der Waals surface area (Å²) >= 11 is 6.17. The highest BCUT2D eigenvalue weighted by atomic mass is 35.5. The highest BCUT2D eigenvalue weighted by Gasteiger charge is 2.36. The Balaban J connectivity index is 1.48. The number of aliphatic hydroxyl groups is 1. The van der Waals surface area contributed by atoms with Crippen LogP contribution in [0.4, 0.5) is 0 Å². The van der Waals surface area contributed by atoms with Gasteiger partial charge in [-0.05, 0) is 44.5 Å². The predicted octanol–water partition coefficient (Wildman–Crippen LogP) is 2.17. The van der Waals surface area contributed by atoms with Crippen molar-refractivity contribution in [1.29, 1.82) is 0 Å². The summed E-state index contributed by atoms with van der Waals surface area (Å²) in [6.45, 7) is 7.37. The Hall–Kier alpha value is -0.810. The second kappa shape index (κ2) is 7.18. The number of benzene rings is 1. The first-order valence-corrected chi connectivity index (χ1v) is 8.55. The van der Waals surface area contributed by atoms with Crippen LogP contribution in [0.15, 0.2) is 18.2 Å². The Kier molecular flexibility index (Phi) is 5.24. The molecule has 1 aromatic carbocycles. The largest absolute Gasteiger partial charge is 0.490 e. The molecule has 22 heavy (non-hydrogen) atoms. The minimum absolute atomic E-state index is 0.236. The van der Waals surface area contributed by atoms with E-state index in [-0.39, 0.29) is 6.10 Å². The van der Waals surface area contributed by atoms with Crippen LogP contribution in [-0.2, 0) is 0 Å². The van der Waals surface area contributed by atoms with Crippen LogP contribution in [-0.4, -0.2) is 66.4 Å². The summed E-state index contributed by atoms with van der Waals surface area (Å²) in [5.74, 6) is 0.778. The molecule has 2 atom stereocenters. The minimum Gasteiger partial charge on any atom is -0.490 e. The van der Waals surface area contributed by atoms with E-state index in [1.54, 1.807) is 0 Å². The van der Waals surface area contributed by atoms with Crippen molar-refractivity contribution in [2.75, 3.05) is 39.3 Å². The first-order chi connectivity index (χ1) is 10.6. The first-order valence-electron chi connectivity index (χ1n) is 8.17. The van der Waals surface area contributed by atoms with Crippen molar-refractivity contribution in [2.45, 2.75) is 31.9 Å². The number of para-hydroxylation sites is 1. The number of nitrogens with zero attached hydrogens (tertiary/aromatic N) is 2. The van der Waals surface area contributed by atoms with E-state index in [1.165, 1.54) is 12.8 Å². The van der Waals surface area contributed by atoms with Crippen molar-refractivity contribution >= 4 is 11.6 Å². The minimum atomic E-state index is -0.236. The van der Waals surface area contributed by atoms with Crippen LogP contribution in [0.5, 0.6) is 5.75 Å². The molecule has 1 N–H and O–H groups in total. The summed E-state index contributed by atoms with van der Waals surface area (Å²) in [7, 11) is 0. The average molecular weight is 325 g/mol. The highest BCUT2D eigenvalue weighted by molar-refractivity contribution is 6.32. The number of hydrogen-bond acceptors (Lipinski definition) is 4. The van der Waals surface area contributed by atoms with E-state index in [4.69, 9.17) is 16.3 Å². The fraction of sp³-hybridized carbons (Fsp3) is 0.647. The third-order valence-corrected chi connectivity index (χ3v) is 5.06. The average Bonchev–Trinajstić information content (AvgIpc) is 3.11. The SMILES string of the molecule is Cc1cccc(Cl)c1OCCN1C[C@H](O)[C@@H](N2CCCC2)C1. The summed E-state index contributed by atoms with van der Waals surface area (Å²) in [5.41, 5.74) is 1.06. The quantitative estimate of drug-likeness (QED) is 0.900. The van der Waals surface area contributed by atoms with Gasteiger partial charge in [-0.15, -0.1) is 0 Å². The lowest BCUT2D eigenvalue weighted by Crippen LogP contribution is -2.41. The first kappa shape index (κ1) is 16.1. The molecule has 0 aliphatic carbocycles. The number of likely N-dealkylation sites (tertiary alicyclic amines) is 2. The van der Waals surface area contributed by atoms with Crippen LogP contribution in [0.3, 0.4) is 0 Å². The lowest BCUT2D eigenvalue weighted by Gasteiger charge is -2.25. The molecule has 0 unspecified atom stereocenters. The zero-order chi connectivity index (χ0) is 15.5. The summed E-state index contributed by atoms with van der Waals surface area (Å²) in [5, 5.41) is 10.9. The number of ether oxygens (including phenoxy) is 1. The maximum Gasteiger partial charge on any atom is 0.140 e. The number of halogens is 1. The summed E-state index contributed by atoms with van der Waals surface area (Å²) in [4.78, 5) is 4.73. The second-order valence-electron chi connectivity index (χ2n) is 6.37. The third kappa shape index (κ3) is 3.57. The number of rotatable bonds is 5. The van der Waals surface area contributed by atoms with Gasteiger partial charge < -0.3 is 9.84 Å². The Labute approximate surface area is 137 Å². The van der Waals surface area contributed by atoms with Crippen LogP contribution in [0.25, 0.3) is 0 Å². The molecule has 2 aliphatic rings. The molecule has 2 fully saturated rings. The van der Waals surface area contributed by atoms with Crippen molar-refractivity contribution in [1.82, 2.24) is 9.80 Å². The van der Waals surface area contributed by atoms with Gasteiger partial charge >= 0.3 is 0 Å². The normalized spacial score (nSPS) is 26.7. The van der Waals surface area contributed by atoms with Gasteiger partial charge in [0, 0.05) is 25.7 Å². The molecule has 1 aromatic rings. The van der Waals surface area contributed by atoms with Gasteiger partial charge in [0.1, 0.15) is 12.4 Å². The van der Waals surface area contributed by atoms with Gasteiger partial charge in [-0.1, -0.05) is 23.7 Å². The molecular formula is C17H25ClN2O2. The van der Waals surface area contributed by atoms with Gasteiger partial charge in [0.2, 0.25) is 0 Å². The van der Waals surface area contributed by atoms with E-state index in [2.05, 4.69) is 9.80 Å². The molecule has 0 spiro atoms. The molecule has 122 valence electrons. The Morgan fingerprint density at radius 1 is 1.27 bits per heavy atom. The van der Waals surface area contributed by atoms with Gasteiger partial charge in [0.05, 0.1) is 11.1 Å². The molecule has 0 amide bonds. The van der Waals surface area contributed by atoms with E-state index < -0.39 is 0 Å². The van der Waals surface area contributed by atoms with Crippen LogP contribution in [0, 0.1) is 6.92 Å².